The highest BCUT2D eigenvalue weighted by Gasteiger charge is 2.26. The van der Waals surface area contributed by atoms with Crippen LogP contribution in [0.5, 0.6) is 0 Å². The number of hydrogen-bond acceptors (Lipinski definition) is 4. The Balaban J connectivity index is 1.72. The molecule has 2 atom stereocenters. The summed E-state index contributed by atoms with van der Waals surface area (Å²) in [6, 6.07) is 3.97. The zero-order valence-electron chi connectivity index (χ0n) is 11.1. The molecule has 0 amide bonds. The molecule has 0 saturated carbocycles. The van der Waals surface area contributed by atoms with Crippen molar-refractivity contribution in [3.63, 3.8) is 0 Å². The number of ether oxygens (including phenoxy) is 1. The molecule has 0 spiro atoms. The summed E-state index contributed by atoms with van der Waals surface area (Å²) < 4.78 is 5.70. The fourth-order valence-electron chi connectivity index (χ4n) is 2.78. The Morgan fingerprint density at radius 3 is 3.26 bits per heavy atom. The highest BCUT2D eigenvalue weighted by Crippen LogP contribution is 2.27. The number of benzene rings is 1. The second-order valence-corrected chi connectivity index (χ2v) is 5.14. The third-order valence-electron chi connectivity index (χ3n) is 3.91. The number of nitrogens with zero attached hydrogens (tertiary/aromatic N) is 1. The fraction of sp³-hybridized carbons (Fsp3) is 0.500. The minimum absolute atomic E-state index is 0.379. The number of nitrogen functional groups attached to an aromatic ring is 1. The van der Waals surface area contributed by atoms with Gasteiger partial charge in [-0.2, -0.15) is 5.10 Å². The summed E-state index contributed by atoms with van der Waals surface area (Å²) in [5.41, 5.74) is 8.80. The van der Waals surface area contributed by atoms with E-state index in [1.165, 1.54) is 0 Å². The van der Waals surface area contributed by atoms with Gasteiger partial charge >= 0.3 is 0 Å². The van der Waals surface area contributed by atoms with Gasteiger partial charge in [0.05, 0.1) is 29.2 Å². The average molecular weight is 260 g/mol. The average Bonchev–Trinajstić information content (AvgIpc) is 3.03. The van der Waals surface area contributed by atoms with Gasteiger partial charge in [-0.15, -0.1) is 0 Å². The Bertz CT molecular complexity index is 566. The summed E-state index contributed by atoms with van der Waals surface area (Å²) in [5.74, 6) is 0.571. The van der Waals surface area contributed by atoms with Crippen molar-refractivity contribution in [3.8, 4) is 0 Å². The number of nitrogens with two attached hydrogens (primary N) is 1. The second kappa shape index (κ2) is 5.09. The van der Waals surface area contributed by atoms with Gasteiger partial charge in [-0.25, -0.2) is 0 Å². The van der Waals surface area contributed by atoms with Gasteiger partial charge in [0.15, 0.2) is 0 Å². The lowest BCUT2D eigenvalue weighted by Gasteiger charge is -2.18. The molecule has 2 unspecified atom stereocenters. The number of anilines is 2. The summed E-state index contributed by atoms with van der Waals surface area (Å²) in [6.07, 6.45) is 4.36. The van der Waals surface area contributed by atoms with E-state index in [-0.39, 0.29) is 0 Å². The minimum atomic E-state index is 0.379. The molecule has 2 heterocycles. The van der Waals surface area contributed by atoms with Gasteiger partial charge in [0.2, 0.25) is 0 Å². The van der Waals surface area contributed by atoms with Gasteiger partial charge in [0, 0.05) is 24.5 Å². The van der Waals surface area contributed by atoms with Crippen LogP contribution in [0.25, 0.3) is 10.9 Å². The quantitative estimate of drug-likeness (QED) is 0.738. The van der Waals surface area contributed by atoms with Crippen LogP contribution in [-0.4, -0.2) is 29.5 Å². The number of H-pyrrole nitrogens is 1. The van der Waals surface area contributed by atoms with Crippen LogP contribution < -0.4 is 11.1 Å². The van der Waals surface area contributed by atoms with Gasteiger partial charge in [-0.1, -0.05) is 6.92 Å². The van der Waals surface area contributed by atoms with Crippen LogP contribution >= 0.6 is 0 Å². The Kier molecular flexibility index (Phi) is 3.29. The number of fused-ring (bicyclic) bond motifs is 1. The molecule has 1 fully saturated rings. The molecule has 1 aromatic heterocycles. The zero-order valence-corrected chi connectivity index (χ0v) is 11.1. The predicted molar refractivity (Wildman–Crippen MR) is 77.1 cm³/mol. The summed E-state index contributed by atoms with van der Waals surface area (Å²) in [4.78, 5) is 0. The molecular weight excluding hydrogens is 240 g/mol. The van der Waals surface area contributed by atoms with Crippen LogP contribution in [0.3, 0.4) is 0 Å². The summed E-state index contributed by atoms with van der Waals surface area (Å²) >= 11 is 0. The SMILES string of the molecule is CCC1OCCC1CNc1cc2[nH]ncc2cc1N. The van der Waals surface area contributed by atoms with Crippen molar-refractivity contribution < 1.29 is 4.74 Å². The van der Waals surface area contributed by atoms with Crippen LogP contribution in [-0.2, 0) is 4.74 Å². The molecule has 19 heavy (non-hydrogen) atoms. The fourth-order valence-corrected chi connectivity index (χ4v) is 2.78. The van der Waals surface area contributed by atoms with E-state index >= 15 is 0 Å². The van der Waals surface area contributed by atoms with Crippen LogP contribution in [0.1, 0.15) is 19.8 Å². The molecule has 5 nitrogen and oxygen atoms in total. The number of hydrogen-bond donors (Lipinski definition) is 3. The maximum Gasteiger partial charge on any atom is 0.0672 e. The van der Waals surface area contributed by atoms with Gasteiger partial charge in [0.25, 0.3) is 0 Å². The van der Waals surface area contributed by atoms with Crippen LogP contribution in [0.15, 0.2) is 18.3 Å². The van der Waals surface area contributed by atoms with Gasteiger partial charge < -0.3 is 15.8 Å². The van der Waals surface area contributed by atoms with E-state index in [9.17, 15) is 0 Å². The first-order valence-corrected chi connectivity index (χ1v) is 6.86. The normalized spacial score (nSPS) is 23.0. The molecule has 3 rings (SSSR count). The maximum atomic E-state index is 6.06. The van der Waals surface area contributed by atoms with E-state index in [0.29, 0.717) is 12.0 Å². The zero-order chi connectivity index (χ0) is 13.2. The van der Waals surface area contributed by atoms with Gasteiger partial charge in [-0.3, -0.25) is 5.10 Å². The lowest BCUT2D eigenvalue weighted by atomic mass is 9.99. The van der Waals surface area contributed by atoms with E-state index in [1.54, 1.807) is 6.20 Å². The Morgan fingerprint density at radius 2 is 2.42 bits per heavy atom. The van der Waals surface area contributed by atoms with E-state index < -0.39 is 0 Å². The Hall–Kier alpha value is -1.75. The Morgan fingerprint density at radius 1 is 1.53 bits per heavy atom. The first-order chi connectivity index (χ1) is 9.28. The number of aromatic amines is 1. The summed E-state index contributed by atoms with van der Waals surface area (Å²) in [5, 5.41) is 11.5. The topological polar surface area (TPSA) is 76.0 Å². The molecule has 4 N–H and O–H groups in total. The maximum absolute atomic E-state index is 6.06. The van der Waals surface area contributed by atoms with Gasteiger partial charge in [0.1, 0.15) is 0 Å². The summed E-state index contributed by atoms with van der Waals surface area (Å²) in [7, 11) is 0. The minimum Gasteiger partial charge on any atom is -0.397 e. The summed E-state index contributed by atoms with van der Waals surface area (Å²) in [6.45, 7) is 3.95. The standard InChI is InChI=1S/C14H20N4O/c1-2-14-9(3-4-19-14)7-16-13-6-12-10(5-11(13)15)8-17-18-12/h5-6,8-9,14,16H,2-4,7,15H2,1H3,(H,17,18). The van der Waals surface area contributed by atoms with Gasteiger partial charge in [-0.05, 0) is 25.0 Å². The molecule has 102 valence electrons. The van der Waals surface area contributed by atoms with E-state index in [0.717, 1.165) is 48.3 Å². The van der Waals surface area contributed by atoms with Crippen molar-refractivity contribution in [1.82, 2.24) is 10.2 Å². The predicted octanol–water partition coefficient (Wildman–Crippen LogP) is 2.37. The van der Waals surface area contributed by atoms with Crippen LogP contribution in [0.4, 0.5) is 11.4 Å². The lowest BCUT2D eigenvalue weighted by molar-refractivity contribution is 0.0900. The molecule has 0 radical (unpaired) electrons. The third kappa shape index (κ3) is 2.38. The second-order valence-electron chi connectivity index (χ2n) is 5.14. The van der Waals surface area contributed by atoms with Crippen LogP contribution in [0, 0.1) is 5.92 Å². The molecule has 1 saturated heterocycles. The first-order valence-electron chi connectivity index (χ1n) is 6.86. The molecule has 1 aliphatic rings. The molecule has 0 bridgehead atoms. The van der Waals surface area contributed by atoms with Crippen molar-refractivity contribution in [2.75, 3.05) is 24.2 Å². The lowest BCUT2D eigenvalue weighted by Crippen LogP contribution is -2.23. The van der Waals surface area contributed by atoms with E-state index in [1.807, 2.05) is 12.1 Å². The first kappa shape index (κ1) is 12.3. The number of rotatable bonds is 4. The van der Waals surface area contributed by atoms with Crippen molar-refractivity contribution in [2.24, 2.45) is 5.92 Å². The highest BCUT2D eigenvalue weighted by atomic mass is 16.5. The largest absolute Gasteiger partial charge is 0.397 e. The van der Waals surface area contributed by atoms with Crippen LogP contribution in [0.2, 0.25) is 0 Å². The third-order valence-corrected chi connectivity index (χ3v) is 3.91. The molecule has 2 aromatic rings. The van der Waals surface area contributed by atoms with E-state index in [2.05, 4.69) is 22.4 Å². The van der Waals surface area contributed by atoms with Crippen molar-refractivity contribution >= 4 is 22.3 Å². The number of nitrogens with one attached hydrogen (secondary N) is 2. The van der Waals surface area contributed by atoms with Crippen molar-refractivity contribution in [2.45, 2.75) is 25.9 Å². The molecule has 0 aliphatic carbocycles. The smallest absolute Gasteiger partial charge is 0.0672 e. The Labute approximate surface area is 112 Å². The molecule has 1 aliphatic heterocycles. The van der Waals surface area contributed by atoms with E-state index in [4.69, 9.17) is 10.5 Å². The molecule has 5 heteroatoms. The molecular formula is C14H20N4O. The molecule has 1 aromatic carbocycles. The highest BCUT2D eigenvalue weighted by molar-refractivity contribution is 5.88. The van der Waals surface area contributed by atoms with Crippen molar-refractivity contribution in [3.05, 3.63) is 18.3 Å². The number of aromatic nitrogens is 2. The monoisotopic (exact) mass is 260 g/mol. The van der Waals surface area contributed by atoms with Crippen molar-refractivity contribution in [1.29, 1.82) is 0 Å².